The number of carbonyl (C=O) groups excluding carboxylic acids is 2. The van der Waals surface area contributed by atoms with Crippen molar-refractivity contribution in [2.24, 2.45) is 0 Å². The smallest absolute Gasteiger partial charge is 0.421 e. The fourth-order valence-corrected chi connectivity index (χ4v) is 6.52. The Balaban J connectivity index is 1.78. The molecule has 0 atom stereocenters. The molecule has 0 bridgehead atoms. The molecule has 4 aromatic rings. The van der Waals surface area contributed by atoms with Crippen LogP contribution in [0.15, 0.2) is 59.5 Å². The van der Waals surface area contributed by atoms with Crippen LogP contribution in [0.3, 0.4) is 0 Å². The molecule has 0 aliphatic heterocycles. The van der Waals surface area contributed by atoms with Crippen LogP contribution in [0.5, 0.6) is 0 Å². The van der Waals surface area contributed by atoms with Crippen molar-refractivity contribution >= 4 is 39.3 Å². The summed E-state index contributed by atoms with van der Waals surface area (Å²) < 4.78 is 50.4. The Bertz CT molecular complexity index is 1970. The summed E-state index contributed by atoms with van der Waals surface area (Å²) in [5, 5.41) is 17.9. The van der Waals surface area contributed by atoms with Crippen LogP contribution in [0.4, 0.5) is 14.9 Å². The molecule has 1 aromatic heterocycles. The van der Waals surface area contributed by atoms with E-state index < -0.39 is 21.9 Å². The molecule has 1 heterocycles. The van der Waals surface area contributed by atoms with Gasteiger partial charge in [-0.2, -0.15) is 10.4 Å². The number of nitrogens with zero attached hydrogens (tertiary/aromatic N) is 3. The van der Waals surface area contributed by atoms with E-state index in [0.29, 0.717) is 52.5 Å². The van der Waals surface area contributed by atoms with Crippen molar-refractivity contribution in [2.75, 3.05) is 11.9 Å². The summed E-state index contributed by atoms with van der Waals surface area (Å²) in [5.74, 6) is -0.891. The summed E-state index contributed by atoms with van der Waals surface area (Å²) in [6.07, 6.45) is 1.60. The highest BCUT2D eigenvalue weighted by atomic mass is 35.5. The minimum absolute atomic E-state index is 0.0147. The van der Waals surface area contributed by atoms with Crippen molar-refractivity contribution in [1.29, 1.82) is 5.26 Å². The van der Waals surface area contributed by atoms with Gasteiger partial charge in [-0.1, -0.05) is 56.5 Å². The predicted molar refractivity (Wildman–Crippen MR) is 178 cm³/mol. The van der Waals surface area contributed by atoms with Crippen molar-refractivity contribution in [2.45, 2.75) is 64.7 Å². The molecule has 0 fully saturated rings. The summed E-state index contributed by atoms with van der Waals surface area (Å²) >= 11 is 6.50. The maximum Gasteiger partial charge on any atom is 0.421 e. The Kier molecular flexibility index (Phi) is 11.4. The summed E-state index contributed by atoms with van der Waals surface area (Å²) in [6.45, 7) is 6.86. The number of hydrogen-bond acceptors (Lipinski definition) is 7. The van der Waals surface area contributed by atoms with Crippen molar-refractivity contribution in [3.05, 3.63) is 93.5 Å². The standard InChI is InChI=1S/C34H35ClFN5O5S/c1-5-8-22-10-15-33(47(44,45)40-34(43)46-7-3)26(16-22)23-11-12-24(29(36)18-23)17-27-30(9-6-2)39-41(32(27)20-37)31-19-25(38-21(4)42)13-14-28(31)35/h10-16,18-19H,5-9,17H2,1-4H3,(H,38,42)(H,40,43). The number of ether oxygens (including phenoxy) is 1. The molecule has 0 unspecified atom stereocenters. The van der Waals surface area contributed by atoms with E-state index in [1.54, 1.807) is 49.4 Å². The van der Waals surface area contributed by atoms with Gasteiger partial charge in [-0.3, -0.25) is 4.79 Å². The van der Waals surface area contributed by atoms with Crippen molar-refractivity contribution in [3.8, 4) is 22.9 Å². The Morgan fingerprint density at radius 2 is 1.79 bits per heavy atom. The topological polar surface area (TPSA) is 143 Å². The van der Waals surface area contributed by atoms with Gasteiger partial charge in [0.15, 0.2) is 0 Å². The lowest BCUT2D eigenvalue weighted by Crippen LogP contribution is -2.31. The number of nitriles is 1. The van der Waals surface area contributed by atoms with Crippen LogP contribution >= 0.6 is 11.6 Å². The molecule has 0 spiro atoms. The SMILES string of the molecule is CCCc1ccc(S(=O)(=O)NC(=O)OCC)c(-c2ccc(Cc3c(CCC)nn(-c4cc(NC(C)=O)ccc4Cl)c3C#N)c(F)c2)c1. The van der Waals surface area contributed by atoms with Gasteiger partial charge in [0.2, 0.25) is 5.91 Å². The number of aryl methyl sites for hydroxylation is 2. The second kappa shape index (κ2) is 15.2. The summed E-state index contributed by atoms with van der Waals surface area (Å²) in [5.41, 5.74) is 3.77. The molecule has 246 valence electrons. The Labute approximate surface area is 278 Å². The zero-order valence-electron chi connectivity index (χ0n) is 26.5. The average Bonchev–Trinajstić information content (AvgIpc) is 3.35. The highest BCUT2D eigenvalue weighted by Gasteiger charge is 2.25. The van der Waals surface area contributed by atoms with Gasteiger partial charge in [0, 0.05) is 30.2 Å². The first-order valence-electron chi connectivity index (χ1n) is 15.1. The molecule has 10 nitrogen and oxygen atoms in total. The van der Waals surface area contributed by atoms with Gasteiger partial charge in [-0.05, 0) is 72.9 Å². The molecular formula is C34H35ClFN5O5S. The highest BCUT2D eigenvalue weighted by Crippen LogP contribution is 2.33. The van der Waals surface area contributed by atoms with E-state index in [0.717, 1.165) is 12.0 Å². The molecule has 2 amide bonds. The third-order valence-corrected chi connectivity index (χ3v) is 8.94. The van der Waals surface area contributed by atoms with Gasteiger partial charge < -0.3 is 10.1 Å². The molecule has 0 aliphatic rings. The van der Waals surface area contributed by atoms with Crippen LogP contribution < -0.4 is 10.0 Å². The molecule has 0 aliphatic carbocycles. The number of nitrogens with one attached hydrogen (secondary N) is 2. The van der Waals surface area contributed by atoms with Crippen LogP contribution in [-0.2, 0) is 38.8 Å². The summed E-state index contributed by atoms with van der Waals surface area (Å²) in [6, 6.07) is 16.2. The largest absolute Gasteiger partial charge is 0.449 e. The van der Waals surface area contributed by atoms with Crippen molar-refractivity contribution in [3.63, 3.8) is 0 Å². The monoisotopic (exact) mass is 679 g/mol. The van der Waals surface area contributed by atoms with Gasteiger partial charge in [-0.25, -0.2) is 27.0 Å². The first-order chi connectivity index (χ1) is 22.4. The average molecular weight is 680 g/mol. The Morgan fingerprint density at radius 1 is 1.04 bits per heavy atom. The number of benzene rings is 3. The van der Waals surface area contributed by atoms with Crippen molar-refractivity contribution in [1.82, 2.24) is 14.5 Å². The molecular weight excluding hydrogens is 645 g/mol. The number of carbonyl (C=O) groups is 2. The molecule has 0 saturated carbocycles. The first-order valence-corrected chi connectivity index (χ1v) is 17.0. The fourth-order valence-electron chi connectivity index (χ4n) is 5.22. The zero-order valence-corrected chi connectivity index (χ0v) is 28.1. The molecule has 0 radical (unpaired) electrons. The minimum Gasteiger partial charge on any atom is -0.449 e. The van der Waals surface area contributed by atoms with Gasteiger partial charge in [0.1, 0.15) is 17.6 Å². The third kappa shape index (κ3) is 8.17. The van der Waals surface area contributed by atoms with E-state index in [1.807, 2.05) is 18.6 Å². The second-order valence-corrected chi connectivity index (χ2v) is 12.8. The fraction of sp³-hybridized carbons (Fsp3) is 0.294. The third-order valence-electron chi connectivity index (χ3n) is 7.25. The summed E-state index contributed by atoms with van der Waals surface area (Å²) in [7, 11) is -4.35. The first kappa shape index (κ1) is 35.1. The molecule has 4 rings (SSSR count). The minimum atomic E-state index is -4.35. The van der Waals surface area contributed by atoms with Crippen LogP contribution in [0.2, 0.25) is 5.02 Å². The maximum absolute atomic E-state index is 15.9. The number of aromatic nitrogens is 2. The number of anilines is 1. The molecule has 47 heavy (non-hydrogen) atoms. The number of sulfonamides is 1. The van der Waals surface area contributed by atoms with Crippen LogP contribution in [-0.4, -0.2) is 36.8 Å². The predicted octanol–water partition coefficient (Wildman–Crippen LogP) is 7.09. The lowest BCUT2D eigenvalue weighted by atomic mass is 9.96. The number of halogens is 2. The van der Waals surface area contributed by atoms with Gasteiger partial charge in [0.05, 0.1) is 27.9 Å². The maximum atomic E-state index is 15.9. The Morgan fingerprint density at radius 3 is 2.43 bits per heavy atom. The lowest BCUT2D eigenvalue weighted by Gasteiger charge is -2.14. The van der Waals surface area contributed by atoms with E-state index in [9.17, 15) is 23.3 Å². The van der Waals surface area contributed by atoms with Gasteiger partial charge in [-0.15, -0.1) is 0 Å². The van der Waals surface area contributed by atoms with Crippen molar-refractivity contribution < 1.29 is 27.1 Å². The highest BCUT2D eigenvalue weighted by molar-refractivity contribution is 7.90. The second-order valence-electron chi connectivity index (χ2n) is 10.8. The number of rotatable bonds is 12. The van der Waals surface area contributed by atoms with Crippen LogP contribution in [0.1, 0.15) is 68.6 Å². The van der Waals surface area contributed by atoms with Gasteiger partial charge in [0.25, 0.3) is 10.0 Å². The van der Waals surface area contributed by atoms with E-state index in [1.165, 1.54) is 23.7 Å². The number of hydrogen-bond donors (Lipinski definition) is 2. The van der Waals surface area contributed by atoms with E-state index >= 15 is 4.39 Å². The zero-order chi connectivity index (χ0) is 34.3. The Hall–Kier alpha value is -4.73. The van der Waals surface area contributed by atoms with E-state index in [4.69, 9.17) is 16.3 Å². The molecule has 13 heteroatoms. The normalized spacial score (nSPS) is 11.2. The lowest BCUT2D eigenvalue weighted by molar-refractivity contribution is -0.114. The number of amides is 2. The van der Waals surface area contributed by atoms with Crippen LogP contribution in [0, 0.1) is 17.1 Å². The molecule has 3 aromatic carbocycles. The van der Waals surface area contributed by atoms with E-state index in [2.05, 4.69) is 16.5 Å². The summed E-state index contributed by atoms with van der Waals surface area (Å²) in [4.78, 5) is 23.4. The quantitative estimate of drug-likeness (QED) is 0.163. The molecule has 0 saturated heterocycles. The van der Waals surface area contributed by atoms with E-state index in [-0.39, 0.29) is 40.7 Å². The molecule has 2 N–H and O–H groups in total. The van der Waals surface area contributed by atoms with Crippen LogP contribution in [0.25, 0.3) is 16.8 Å². The van der Waals surface area contributed by atoms with Gasteiger partial charge >= 0.3 is 6.09 Å².